The van der Waals surface area contributed by atoms with Gasteiger partial charge in [-0.25, -0.2) is 23.1 Å². The van der Waals surface area contributed by atoms with Gasteiger partial charge in [-0.1, -0.05) is 6.92 Å². The highest BCUT2D eigenvalue weighted by molar-refractivity contribution is 7.90. The van der Waals surface area contributed by atoms with Crippen LogP contribution in [0.15, 0.2) is 12.3 Å². The molecule has 18 heavy (non-hydrogen) atoms. The highest BCUT2D eigenvalue weighted by atomic mass is 32.2. The highest BCUT2D eigenvalue weighted by Gasteiger charge is 2.33. The molecule has 1 aliphatic heterocycles. The number of hydrogen-bond donors (Lipinski definition) is 1. The predicted octanol–water partition coefficient (Wildman–Crippen LogP) is 0.303. The first-order valence-corrected chi connectivity index (χ1v) is 7.60. The molecule has 1 fully saturated rings. The average Bonchev–Trinajstić information content (AvgIpc) is 2.78. The average molecular weight is 270 g/mol. The molecule has 2 heterocycles. The first-order chi connectivity index (χ1) is 8.53. The largest absolute Gasteiger partial charge is 0.339 e. The lowest BCUT2D eigenvalue weighted by molar-refractivity contribution is 0.570. The molecule has 1 aromatic heterocycles. The van der Waals surface area contributed by atoms with Gasteiger partial charge in [0, 0.05) is 31.5 Å². The maximum Gasteiger partial charge on any atom is 0.225 e. The summed E-state index contributed by atoms with van der Waals surface area (Å²) in [5, 5.41) is -0.374. The number of anilines is 1. The van der Waals surface area contributed by atoms with Crippen molar-refractivity contribution in [1.29, 1.82) is 0 Å². The Balaban J connectivity index is 2.09. The van der Waals surface area contributed by atoms with Crippen LogP contribution in [0.5, 0.6) is 0 Å². The van der Waals surface area contributed by atoms with Crippen LogP contribution in [0.25, 0.3) is 0 Å². The Hall–Kier alpha value is -1.21. The summed E-state index contributed by atoms with van der Waals surface area (Å²) < 4.78 is 26.3. The van der Waals surface area contributed by atoms with E-state index in [1.54, 1.807) is 13.1 Å². The third-order valence-corrected chi connectivity index (χ3v) is 4.95. The second-order valence-electron chi connectivity index (χ2n) is 4.40. The van der Waals surface area contributed by atoms with Crippen molar-refractivity contribution in [2.75, 3.05) is 24.5 Å². The predicted molar refractivity (Wildman–Crippen MR) is 70.0 cm³/mol. The van der Waals surface area contributed by atoms with Crippen LogP contribution < -0.4 is 9.62 Å². The smallest absolute Gasteiger partial charge is 0.225 e. The van der Waals surface area contributed by atoms with Crippen LogP contribution in [-0.2, 0) is 10.0 Å². The Morgan fingerprint density at radius 3 is 3.00 bits per heavy atom. The molecule has 100 valence electrons. The molecule has 0 bridgehead atoms. The SMILES string of the molecule is CCNS(=O)(=O)[C@H]1CCN(c2nccc(C)n2)C1. The third kappa shape index (κ3) is 2.78. The van der Waals surface area contributed by atoms with E-state index in [4.69, 9.17) is 0 Å². The Morgan fingerprint density at radius 2 is 2.33 bits per heavy atom. The highest BCUT2D eigenvalue weighted by Crippen LogP contribution is 2.20. The van der Waals surface area contributed by atoms with E-state index in [-0.39, 0.29) is 5.25 Å². The zero-order valence-electron chi connectivity index (χ0n) is 10.6. The van der Waals surface area contributed by atoms with Crippen molar-refractivity contribution in [3.63, 3.8) is 0 Å². The Bertz CT molecular complexity index is 518. The Kier molecular flexibility index (Phi) is 3.82. The zero-order chi connectivity index (χ0) is 13.2. The zero-order valence-corrected chi connectivity index (χ0v) is 11.4. The van der Waals surface area contributed by atoms with E-state index in [1.807, 2.05) is 17.9 Å². The molecule has 0 radical (unpaired) electrons. The first-order valence-electron chi connectivity index (χ1n) is 6.06. The van der Waals surface area contributed by atoms with Gasteiger partial charge >= 0.3 is 0 Å². The molecule has 1 aromatic rings. The van der Waals surface area contributed by atoms with Crippen molar-refractivity contribution in [2.45, 2.75) is 25.5 Å². The molecule has 0 spiro atoms. The number of aryl methyl sites for hydroxylation is 1. The van der Waals surface area contributed by atoms with Gasteiger partial charge in [-0.3, -0.25) is 0 Å². The minimum Gasteiger partial charge on any atom is -0.339 e. The molecule has 6 nitrogen and oxygen atoms in total. The lowest BCUT2D eigenvalue weighted by Gasteiger charge is -2.16. The van der Waals surface area contributed by atoms with Gasteiger partial charge in [0.1, 0.15) is 0 Å². The number of rotatable bonds is 4. The first kappa shape index (κ1) is 13.2. The van der Waals surface area contributed by atoms with E-state index < -0.39 is 10.0 Å². The third-order valence-electron chi connectivity index (χ3n) is 2.99. The van der Waals surface area contributed by atoms with Crippen molar-refractivity contribution < 1.29 is 8.42 Å². The van der Waals surface area contributed by atoms with Crippen LogP contribution in [0.2, 0.25) is 0 Å². The van der Waals surface area contributed by atoms with Gasteiger partial charge < -0.3 is 4.90 Å². The maximum atomic E-state index is 11.9. The topological polar surface area (TPSA) is 75.2 Å². The van der Waals surface area contributed by atoms with Crippen LogP contribution in [0.1, 0.15) is 19.0 Å². The number of nitrogens with zero attached hydrogens (tertiary/aromatic N) is 3. The van der Waals surface area contributed by atoms with E-state index in [0.717, 1.165) is 5.69 Å². The van der Waals surface area contributed by atoms with Gasteiger partial charge in [0.25, 0.3) is 0 Å². The molecule has 0 aliphatic carbocycles. The van der Waals surface area contributed by atoms with E-state index >= 15 is 0 Å². The molecule has 2 rings (SSSR count). The number of hydrogen-bond acceptors (Lipinski definition) is 5. The molecular formula is C11H18N4O2S. The summed E-state index contributed by atoms with van der Waals surface area (Å²) in [5.74, 6) is 0.615. The van der Waals surface area contributed by atoms with Crippen LogP contribution >= 0.6 is 0 Å². The Labute approximate surface area is 107 Å². The van der Waals surface area contributed by atoms with Crippen molar-refractivity contribution in [3.05, 3.63) is 18.0 Å². The minimum atomic E-state index is -3.21. The van der Waals surface area contributed by atoms with Crippen LogP contribution in [-0.4, -0.2) is 43.3 Å². The molecule has 1 saturated heterocycles. The summed E-state index contributed by atoms with van der Waals surface area (Å²) in [6.45, 7) is 5.25. The van der Waals surface area contributed by atoms with Crippen LogP contribution in [0, 0.1) is 6.92 Å². The second-order valence-corrected chi connectivity index (χ2v) is 6.44. The number of aromatic nitrogens is 2. The van der Waals surface area contributed by atoms with Crippen LogP contribution in [0.3, 0.4) is 0 Å². The molecule has 0 saturated carbocycles. The van der Waals surface area contributed by atoms with Gasteiger partial charge in [0.05, 0.1) is 5.25 Å². The van der Waals surface area contributed by atoms with E-state index in [2.05, 4.69) is 14.7 Å². The van der Waals surface area contributed by atoms with Crippen molar-refractivity contribution in [1.82, 2.24) is 14.7 Å². The Morgan fingerprint density at radius 1 is 1.56 bits per heavy atom. The second kappa shape index (κ2) is 5.19. The summed E-state index contributed by atoms with van der Waals surface area (Å²) in [5.41, 5.74) is 0.887. The quantitative estimate of drug-likeness (QED) is 0.852. The van der Waals surface area contributed by atoms with E-state index in [0.29, 0.717) is 32.0 Å². The molecule has 1 aliphatic rings. The van der Waals surface area contributed by atoms with Gasteiger partial charge in [0.15, 0.2) is 0 Å². The number of nitrogens with one attached hydrogen (secondary N) is 1. The summed E-state index contributed by atoms with van der Waals surface area (Å²) in [7, 11) is -3.21. The minimum absolute atomic E-state index is 0.374. The van der Waals surface area contributed by atoms with Gasteiger partial charge in [-0.15, -0.1) is 0 Å². The maximum absolute atomic E-state index is 11.9. The molecular weight excluding hydrogens is 252 g/mol. The van der Waals surface area contributed by atoms with Gasteiger partial charge in [-0.2, -0.15) is 0 Å². The lowest BCUT2D eigenvalue weighted by atomic mass is 10.4. The van der Waals surface area contributed by atoms with Gasteiger partial charge in [0.2, 0.25) is 16.0 Å². The fourth-order valence-electron chi connectivity index (χ4n) is 2.07. The lowest BCUT2D eigenvalue weighted by Crippen LogP contribution is -2.36. The fourth-order valence-corrected chi connectivity index (χ4v) is 3.50. The summed E-state index contributed by atoms with van der Waals surface area (Å²) in [6, 6.07) is 1.83. The number of sulfonamides is 1. The molecule has 0 amide bonds. The van der Waals surface area contributed by atoms with Crippen molar-refractivity contribution in [2.24, 2.45) is 0 Å². The van der Waals surface area contributed by atoms with Crippen molar-refractivity contribution >= 4 is 16.0 Å². The van der Waals surface area contributed by atoms with E-state index in [1.165, 1.54) is 0 Å². The van der Waals surface area contributed by atoms with Crippen molar-refractivity contribution in [3.8, 4) is 0 Å². The van der Waals surface area contributed by atoms with Crippen LogP contribution in [0.4, 0.5) is 5.95 Å². The molecule has 7 heteroatoms. The molecule has 1 atom stereocenters. The monoisotopic (exact) mass is 270 g/mol. The normalized spacial score (nSPS) is 20.3. The fraction of sp³-hybridized carbons (Fsp3) is 0.636. The molecule has 1 N–H and O–H groups in total. The summed E-state index contributed by atoms with van der Waals surface area (Å²) in [4.78, 5) is 10.4. The molecule has 0 unspecified atom stereocenters. The van der Waals surface area contributed by atoms with E-state index in [9.17, 15) is 8.42 Å². The summed E-state index contributed by atoms with van der Waals surface area (Å²) >= 11 is 0. The summed E-state index contributed by atoms with van der Waals surface area (Å²) in [6.07, 6.45) is 2.32. The standard InChI is InChI=1S/C11H18N4O2S/c1-3-13-18(16,17)10-5-7-15(8-10)11-12-6-4-9(2)14-11/h4,6,10,13H,3,5,7-8H2,1-2H3/t10-/m0/s1. The molecule has 0 aromatic carbocycles. The van der Waals surface area contributed by atoms with Gasteiger partial charge in [-0.05, 0) is 19.4 Å².